The van der Waals surface area contributed by atoms with Gasteiger partial charge in [-0.05, 0) is 44.4 Å². The highest BCUT2D eigenvalue weighted by molar-refractivity contribution is 8.00. The number of hydrogen-bond donors (Lipinski definition) is 0. The molecule has 0 spiro atoms. The Morgan fingerprint density at radius 1 is 1.19 bits per heavy atom. The topological polar surface area (TPSA) is 66.0 Å². The Morgan fingerprint density at radius 2 is 1.88 bits per heavy atom. The molecule has 1 fully saturated rings. The standard InChI is InChI=1S/C19H30N4O2S/c1-18(2,3)15-11-14(23(6)21-15)16-20-17(22-25-16)19(4,5)26-12-13-7-9-24-10-8-13/h11,13H,7-10,12H2,1-6H3. The van der Waals surface area contributed by atoms with Gasteiger partial charge in [0.15, 0.2) is 5.82 Å². The van der Waals surface area contributed by atoms with Crippen LogP contribution >= 0.6 is 11.8 Å². The van der Waals surface area contributed by atoms with Crippen molar-refractivity contribution < 1.29 is 9.26 Å². The van der Waals surface area contributed by atoms with Crippen molar-refractivity contribution in [2.75, 3.05) is 19.0 Å². The predicted molar refractivity (Wildman–Crippen MR) is 104 cm³/mol. The maximum absolute atomic E-state index is 5.58. The third kappa shape index (κ3) is 4.31. The van der Waals surface area contributed by atoms with Gasteiger partial charge < -0.3 is 9.26 Å². The zero-order chi connectivity index (χ0) is 18.9. The second kappa shape index (κ2) is 7.35. The van der Waals surface area contributed by atoms with Gasteiger partial charge in [0.1, 0.15) is 5.69 Å². The molecule has 0 amide bonds. The molecule has 144 valence electrons. The van der Waals surface area contributed by atoms with E-state index in [-0.39, 0.29) is 10.2 Å². The number of ether oxygens (including phenoxy) is 1. The van der Waals surface area contributed by atoms with E-state index in [2.05, 4.69) is 49.9 Å². The number of thioether (sulfide) groups is 1. The molecular formula is C19H30N4O2S. The first-order valence-electron chi connectivity index (χ1n) is 9.27. The fourth-order valence-corrected chi connectivity index (χ4v) is 4.11. The van der Waals surface area contributed by atoms with Crippen molar-refractivity contribution in [2.24, 2.45) is 13.0 Å². The van der Waals surface area contributed by atoms with Gasteiger partial charge in [-0.3, -0.25) is 4.68 Å². The van der Waals surface area contributed by atoms with Crippen LogP contribution in [0.25, 0.3) is 11.6 Å². The number of aromatic nitrogens is 4. The third-order valence-electron chi connectivity index (χ3n) is 4.85. The van der Waals surface area contributed by atoms with Crippen LogP contribution in [0.3, 0.4) is 0 Å². The van der Waals surface area contributed by atoms with Gasteiger partial charge in [-0.25, -0.2) is 0 Å². The van der Waals surface area contributed by atoms with E-state index >= 15 is 0 Å². The average Bonchev–Trinajstić information content (AvgIpc) is 3.20. The minimum Gasteiger partial charge on any atom is -0.381 e. The lowest BCUT2D eigenvalue weighted by Crippen LogP contribution is -2.21. The summed E-state index contributed by atoms with van der Waals surface area (Å²) in [5.74, 6) is 3.08. The number of rotatable bonds is 5. The van der Waals surface area contributed by atoms with Gasteiger partial charge in [-0.2, -0.15) is 10.1 Å². The number of aryl methyl sites for hydroxylation is 1. The first-order chi connectivity index (χ1) is 12.2. The normalized spacial score (nSPS) is 17.0. The molecule has 0 N–H and O–H groups in total. The van der Waals surface area contributed by atoms with E-state index in [9.17, 15) is 0 Å². The molecule has 1 aliphatic heterocycles. The van der Waals surface area contributed by atoms with Crippen LogP contribution in [0.2, 0.25) is 0 Å². The van der Waals surface area contributed by atoms with Crippen LogP contribution < -0.4 is 0 Å². The monoisotopic (exact) mass is 378 g/mol. The van der Waals surface area contributed by atoms with E-state index < -0.39 is 0 Å². The predicted octanol–water partition coefficient (Wildman–Crippen LogP) is 4.16. The SMILES string of the molecule is Cn1nc(C(C)(C)C)cc1-c1nc(C(C)(C)SCC2CCOCC2)no1. The van der Waals surface area contributed by atoms with Crippen molar-refractivity contribution in [1.82, 2.24) is 19.9 Å². The summed E-state index contributed by atoms with van der Waals surface area (Å²) in [6, 6.07) is 2.04. The molecule has 26 heavy (non-hydrogen) atoms. The average molecular weight is 379 g/mol. The summed E-state index contributed by atoms with van der Waals surface area (Å²) < 4.78 is 12.7. The summed E-state index contributed by atoms with van der Waals surface area (Å²) in [6.07, 6.45) is 2.29. The summed E-state index contributed by atoms with van der Waals surface area (Å²) in [7, 11) is 1.92. The summed E-state index contributed by atoms with van der Waals surface area (Å²) >= 11 is 1.90. The maximum Gasteiger partial charge on any atom is 0.276 e. The molecule has 0 bridgehead atoms. The molecule has 0 atom stereocenters. The van der Waals surface area contributed by atoms with Crippen LogP contribution in [-0.2, 0) is 21.9 Å². The molecule has 2 aromatic heterocycles. The molecular weight excluding hydrogens is 348 g/mol. The number of nitrogens with zero attached hydrogens (tertiary/aromatic N) is 4. The first-order valence-corrected chi connectivity index (χ1v) is 10.3. The Morgan fingerprint density at radius 3 is 2.50 bits per heavy atom. The van der Waals surface area contributed by atoms with Gasteiger partial charge in [0.25, 0.3) is 5.89 Å². The lowest BCUT2D eigenvalue weighted by molar-refractivity contribution is 0.0727. The molecule has 1 aliphatic rings. The molecule has 0 aromatic carbocycles. The van der Waals surface area contributed by atoms with Gasteiger partial charge in [0.05, 0.1) is 10.4 Å². The van der Waals surface area contributed by atoms with Crippen molar-refractivity contribution in [1.29, 1.82) is 0 Å². The lowest BCUT2D eigenvalue weighted by atomic mass is 9.92. The fourth-order valence-electron chi connectivity index (χ4n) is 2.91. The molecule has 0 radical (unpaired) electrons. The van der Waals surface area contributed by atoms with Crippen molar-refractivity contribution in [3.05, 3.63) is 17.6 Å². The molecule has 3 heterocycles. The van der Waals surface area contributed by atoms with Crippen LogP contribution in [0.5, 0.6) is 0 Å². The highest BCUT2D eigenvalue weighted by Gasteiger charge is 2.30. The van der Waals surface area contributed by atoms with Crippen LogP contribution in [0, 0.1) is 5.92 Å². The largest absolute Gasteiger partial charge is 0.381 e. The molecule has 2 aromatic rings. The highest BCUT2D eigenvalue weighted by atomic mass is 32.2. The van der Waals surface area contributed by atoms with Crippen molar-refractivity contribution in [3.63, 3.8) is 0 Å². The summed E-state index contributed by atoms with van der Waals surface area (Å²) in [5.41, 5.74) is 1.86. The van der Waals surface area contributed by atoms with Gasteiger partial charge in [0, 0.05) is 25.7 Å². The van der Waals surface area contributed by atoms with Crippen molar-refractivity contribution in [2.45, 2.75) is 57.6 Å². The third-order valence-corrected chi connectivity index (χ3v) is 6.39. The quantitative estimate of drug-likeness (QED) is 0.778. The second-order valence-corrected chi connectivity index (χ2v) is 10.2. The minimum atomic E-state index is -0.189. The molecule has 0 unspecified atom stereocenters. The minimum absolute atomic E-state index is 0.0162. The van der Waals surface area contributed by atoms with E-state index in [0.29, 0.717) is 11.8 Å². The Balaban J connectivity index is 1.73. The van der Waals surface area contributed by atoms with E-state index in [1.807, 2.05) is 29.6 Å². The summed E-state index contributed by atoms with van der Waals surface area (Å²) in [5, 5.41) is 8.87. The Hall–Kier alpha value is -1.34. The molecule has 6 nitrogen and oxygen atoms in total. The van der Waals surface area contributed by atoms with Crippen molar-refractivity contribution >= 4 is 11.8 Å². The van der Waals surface area contributed by atoms with E-state index in [1.165, 1.54) is 0 Å². The van der Waals surface area contributed by atoms with Crippen molar-refractivity contribution in [3.8, 4) is 11.6 Å². The number of hydrogen-bond acceptors (Lipinski definition) is 6. The zero-order valence-corrected chi connectivity index (χ0v) is 17.5. The van der Waals surface area contributed by atoms with Crippen LogP contribution in [0.15, 0.2) is 10.6 Å². The Labute approximate surface area is 160 Å². The van der Waals surface area contributed by atoms with E-state index in [4.69, 9.17) is 9.26 Å². The van der Waals surface area contributed by atoms with Crippen LogP contribution in [-0.4, -0.2) is 38.9 Å². The van der Waals surface area contributed by atoms with Gasteiger partial charge in [0.2, 0.25) is 0 Å². The Kier molecular flexibility index (Phi) is 5.49. The molecule has 3 rings (SSSR count). The highest BCUT2D eigenvalue weighted by Crippen LogP contribution is 2.37. The maximum atomic E-state index is 5.58. The van der Waals surface area contributed by atoms with Gasteiger partial charge in [-0.15, -0.1) is 11.8 Å². The van der Waals surface area contributed by atoms with E-state index in [0.717, 1.165) is 49.0 Å². The van der Waals surface area contributed by atoms with E-state index in [1.54, 1.807) is 0 Å². The van der Waals surface area contributed by atoms with Gasteiger partial charge >= 0.3 is 0 Å². The van der Waals surface area contributed by atoms with Crippen LogP contribution in [0.4, 0.5) is 0 Å². The molecule has 7 heteroatoms. The fraction of sp³-hybridized carbons (Fsp3) is 0.737. The molecule has 0 aliphatic carbocycles. The summed E-state index contributed by atoms with van der Waals surface area (Å²) in [4.78, 5) is 4.69. The molecule has 1 saturated heterocycles. The second-order valence-electron chi connectivity index (χ2n) is 8.59. The Bertz CT molecular complexity index is 739. The molecule has 0 saturated carbocycles. The summed E-state index contributed by atoms with van der Waals surface area (Å²) in [6.45, 7) is 12.5. The smallest absolute Gasteiger partial charge is 0.276 e. The zero-order valence-electron chi connectivity index (χ0n) is 16.7. The van der Waals surface area contributed by atoms with Crippen LogP contribution in [0.1, 0.15) is 59.0 Å². The lowest BCUT2D eigenvalue weighted by Gasteiger charge is -2.26. The first kappa shape index (κ1) is 19.4. The van der Waals surface area contributed by atoms with Gasteiger partial charge in [-0.1, -0.05) is 25.9 Å².